The standard InChI is InChI=1S/C19H24N4O/c24-19(22-16-8-2-1-3-9-16)21-14-18-11-5-7-13-23(18)15-17-10-4-6-12-20-17/h1-4,6,8-10,12,18H,5,7,11,13-15H2,(H2,21,22,24). The van der Waals surface area contributed by atoms with Crippen molar-refractivity contribution < 1.29 is 4.79 Å². The molecule has 2 aromatic rings. The minimum Gasteiger partial charge on any atom is -0.336 e. The lowest BCUT2D eigenvalue weighted by Gasteiger charge is -2.35. The van der Waals surface area contributed by atoms with Crippen molar-refractivity contribution in [3.05, 3.63) is 60.4 Å². The highest BCUT2D eigenvalue weighted by Gasteiger charge is 2.23. The second-order valence-electron chi connectivity index (χ2n) is 6.14. The highest BCUT2D eigenvalue weighted by Crippen LogP contribution is 2.18. The number of carbonyl (C=O) groups is 1. The number of piperidine rings is 1. The van der Waals surface area contributed by atoms with Gasteiger partial charge in [0.05, 0.1) is 5.69 Å². The average Bonchev–Trinajstić information content (AvgIpc) is 2.63. The summed E-state index contributed by atoms with van der Waals surface area (Å²) in [6.45, 7) is 2.56. The maximum atomic E-state index is 12.1. The number of anilines is 1. The summed E-state index contributed by atoms with van der Waals surface area (Å²) >= 11 is 0. The van der Waals surface area contributed by atoms with E-state index in [0.29, 0.717) is 12.6 Å². The van der Waals surface area contributed by atoms with Crippen molar-refractivity contribution in [2.75, 3.05) is 18.4 Å². The van der Waals surface area contributed by atoms with Crippen LogP contribution in [0.4, 0.5) is 10.5 Å². The highest BCUT2D eigenvalue weighted by molar-refractivity contribution is 5.89. The molecular formula is C19H24N4O. The molecule has 0 bridgehead atoms. The third kappa shape index (κ3) is 4.80. The Morgan fingerprint density at radius 1 is 1.12 bits per heavy atom. The molecule has 5 nitrogen and oxygen atoms in total. The molecule has 24 heavy (non-hydrogen) atoms. The number of hydrogen-bond donors (Lipinski definition) is 2. The second kappa shape index (κ2) is 8.45. The Morgan fingerprint density at radius 3 is 2.75 bits per heavy atom. The fraction of sp³-hybridized carbons (Fsp3) is 0.368. The number of hydrogen-bond acceptors (Lipinski definition) is 3. The third-order valence-corrected chi connectivity index (χ3v) is 4.37. The number of nitrogens with one attached hydrogen (secondary N) is 2. The van der Waals surface area contributed by atoms with E-state index in [9.17, 15) is 4.79 Å². The largest absolute Gasteiger partial charge is 0.336 e. The molecule has 3 rings (SSSR count). The molecule has 1 aromatic carbocycles. The third-order valence-electron chi connectivity index (χ3n) is 4.37. The summed E-state index contributed by atoms with van der Waals surface area (Å²) in [4.78, 5) is 18.9. The summed E-state index contributed by atoms with van der Waals surface area (Å²) in [5, 5.41) is 5.87. The first-order chi connectivity index (χ1) is 11.8. The van der Waals surface area contributed by atoms with Crippen molar-refractivity contribution in [2.24, 2.45) is 0 Å². The molecule has 2 heterocycles. The molecule has 0 radical (unpaired) electrons. The zero-order valence-electron chi connectivity index (χ0n) is 13.8. The molecule has 1 aliphatic heterocycles. The number of nitrogens with zero attached hydrogens (tertiary/aromatic N) is 2. The Kier molecular flexibility index (Phi) is 5.80. The van der Waals surface area contributed by atoms with Gasteiger partial charge in [-0.3, -0.25) is 9.88 Å². The van der Waals surface area contributed by atoms with Crippen molar-refractivity contribution in [3.63, 3.8) is 0 Å². The van der Waals surface area contributed by atoms with E-state index in [2.05, 4.69) is 26.6 Å². The van der Waals surface area contributed by atoms with Gasteiger partial charge in [-0.05, 0) is 43.7 Å². The molecule has 5 heteroatoms. The summed E-state index contributed by atoms with van der Waals surface area (Å²) in [6.07, 6.45) is 5.36. The molecule has 0 saturated carbocycles. The molecular weight excluding hydrogens is 300 g/mol. The molecule has 126 valence electrons. The van der Waals surface area contributed by atoms with Crippen LogP contribution in [0.2, 0.25) is 0 Å². The molecule has 2 amide bonds. The van der Waals surface area contributed by atoms with E-state index in [0.717, 1.165) is 30.9 Å². The van der Waals surface area contributed by atoms with Crippen LogP contribution in [0.3, 0.4) is 0 Å². The topological polar surface area (TPSA) is 57.3 Å². The number of para-hydroxylation sites is 1. The summed E-state index contributed by atoms with van der Waals surface area (Å²) in [7, 11) is 0. The first-order valence-electron chi connectivity index (χ1n) is 8.55. The number of pyridine rings is 1. The fourth-order valence-electron chi connectivity index (χ4n) is 3.11. The maximum Gasteiger partial charge on any atom is 0.319 e. The molecule has 0 spiro atoms. The molecule has 1 atom stereocenters. The van der Waals surface area contributed by atoms with E-state index in [1.54, 1.807) is 0 Å². The van der Waals surface area contributed by atoms with Crippen LogP contribution in [0.5, 0.6) is 0 Å². The highest BCUT2D eigenvalue weighted by atomic mass is 16.2. The molecule has 1 aromatic heterocycles. The van der Waals surface area contributed by atoms with Gasteiger partial charge in [-0.1, -0.05) is 30.7 Å². The minimum atomic E-state index is -0.149. The molecule has 2 N–H and O–H groups in total. The van der Waals surface area contributed by atoms with Crippen molar-refractivity contribution in [2.45, 2.75) is 31.8 Å². The van der Waals surface area contributed by atoms with Gasteiger partial charge < -0.3 is 10.6 Å². The predicted octanol–water partition coefficient (Wildman–Crippen LogP) is 3.26. The summed E-state index contributed by atoms with van der Waals surface area (Å²) < 4.78 is 0. The van der Waals surface area contributed by atoms with E-state index < -0.39 is 0 Å². The van der Waals surface area contributed by atoms with Crippen LogP contribution in [0.25, 0.3) is 0 Å². The second-order valence-corrected chi connectivity index (χ2v) is 6.14. The van der Waals surface area contributed by atoms with Gasteiger partial charge in [0.1, 0.15) is 0 Å². The Balaban J connectivity index is 1.51. The number of rotatable bonds is 5. The van der Waals surface area contributed by atoms with Crippen LogP contribution in [-0.2, 0) is 6.54 Å². The normalized spacial score (nSPS) is 18.1. The van der Waals surface area contributed by atoms with Gasteiger partial charge in [-0.2, -0.15) is 0 Å². The van der Waals surface area contributed by atoms with Crippen molar-refractivity contribution >= 4 is 11.7 Å². The Labute approximate surface area is 143 Å². The lowest BCUT2D eigenvalue weighted by atomic mass is 10.0. The number of likely N-dealkylation sites (tertiary alicyclic amines) is 1. The summed E-state index contributed by atoms with van der Waals surface area (Å²) in [5.41, 5.74) is 1.89. The van der Waals surface area contributed by atoms with Crippen LogP contribution < -0.4 is 10.6 Å². The van der Waals surface area contributed by atoms with Gasteiger partial charge in [0.25, 0.3) is 0 Å². The SMILES string of the molecule is O=C(NCC1CCCCN1Cc1ccccn1)Nc1ccccc1. The molecule has 1 aliphatic rings. The smallest absolute Gasteiger partial charge is 0.319 e. The monoisotopic (exact) mass is 324 g/mol. The van der Waals surface area contributed by atoms with Gasteiger partial charge in [0, 0.05) is 31.0 Å². The minimum absolute atomic E-state index is 0.149. The van der Waals surface area contributed by atoms with Gasteiger partial charge in [0.2, 0.25) is 0 Å². The molecule has 1 unspecified atom stereocenters. The maximum absolute atomic E-state index is 12.1. The molecule has 1 fully saturated rings. The fourth-order valence-corrected chi connectivity index (χ4v) is 3.11. The van der Waals surface area contributed by atoms with Gasteiger partial charge in [-0.25, -0.2) is 4.79 Å². The summed E-state index contributed by atoms with van der Waals surface area (Å²) in [6, 6.07) is 15.7. The number of urea groups is 1. The van der Waals surface area contributed by atoms with Crippen LogP contribution in [0.15, 0.2) is 54.7 Å². The summed E-state index contributed by atoms with van der Waals surface area (Å²) in [5.74, 6) is 0. The number of amides is 2. The van der Waals surface area contributed by atoms with E-state index in [-0.39, 0.29) is 6.03 Å². The lowest BCUT2D eigenvalue weighted by Crippen LogP contribution is -2.47. The van der Waals surface area contributed by atoms with Crippen molar-refractivity contribution in [1.82, 2.24) is 15.2 Å². The zero-order chi connectivity index (χ0) is 16.6. The zero-order valence-corrected chi connectivity index (χ0v) is 13.8. The Bertz CT molecular complexity index is 632. The number of carbonyl (C=O) groups excluding carboxylic acids is 1. The van der Waals surface area contributed by atoms with Crippen molar-refractivity contribution in [1.29, 1.82) is 0 Å². The molecule has 1 saturated heterocycles. The number of aromatic nitrogens is 1. The van der Waals surface area contributed by atoms with E-state index in [1.807, 2.05) is 48.7 Å². The van der Waals surface area contributed by atoms with E-state index in [1.165, 1.54) is 12.8 Å². The van der Waals surface area contributed by atoms with Gasteiger partial charge in [-0.15, -0.1) is 0 Å². The van der Waals surface area contributed by atoms with Crippen LogP contribution in [0.1, 0.15) is 25.0 Å². The predicted molar refractivity (Wildman–Crippen MR) is 95.7 cm³/mol. The average molecular weight is 324 g/mol. The number of benzene rings is 1. The van der Waals surface area contributed by atoms with E-state index >= 15 is 0 Å². The lowest BCUT2D eigenvalue weighted by molar-refractivity contribution is 0.137. The van der Waals surface area contributed by atoms with Gasteiger partial charge in [0.15, 0.2) is 0 Å². The first kappa shape index (κ1) is 16.5. The van der Waals surface area contributed by atoms with Gasteiger partial charge >= 0.3 is 6.03 Å². The van der Waals surface area contributed by atoms with Crippen LogP contribution >= 0.6 is 0 Å². The van der Waals surface area contributed by atoms with Crippen LogP contribution in [0, 0.1) is 0 Å². The van der Waals surface area contributed by atoms with Crippen LogP contribution in [-0.4, -0.2) is 35.0 Å². The Hall–Kier alpha value is -2.40. The Morgan fingerprint density at radius 2 is 1.96 bits per heavy atom. The quantitative estimate of drug-likeness (QED) is 0.887. The van der Waals surface area contributed by atoms with Crippen molar-refractivity contribution in [3.8, 4) is 0 Å². The first-order valence-corrected chi connectivity index (χ1v) is 8.55. The molecule has 0 aliphatic carbocycles. The van der Waals surface area contributed by atoms with E-state index in [4.69, 9.17) is 0 Å².